The van der Waals surface area contributed by atoms with E-state index in [0.717, 1.165) is 6.07 Å². The average Bonchev–Trinajstić information content (AvgIpc) is 2.79. The summed E-state index contributed by atoms with van der Waals surface area (Å²) >= 11 is 5.75. The van der Waals surface area contributed by atoms with E-state index in [9.17, 15) is 18.4 Å². The number of amides is 2. The molecule has 1 aliphatic rings. The number of carbonyl (C=O) groups is 2. The van der Waals surface area contributed by atoms with Crippen molar-refractivity contribution in [1.29, 1.82) is 0 Å². The molecule has 1 aromatic heterocycles. The molecule has 2 heterocycles. The number of rotatable bonds is 4. The maximum absolute atomic E-state index is 14.0. The first-order valence-corrected chi connectivity index (χ1v) is 10.8. The largest absolute Gasteiger partial charge is 0.339 e. The third-order valence-electron chi connectivity index (χ3n) is 6.07. The molecule has 0 bridgehead atoms. The number of benzene rings is 2. The van der Waals surface area contributed by atoms with Gasteiger partial charge in [-0.3, -0.25) is 14.6 Å². The Morgan fingerprint density at radius 1 is 1.12 bits per heavy atom. The third kappa shape index (κ3) is 4.58. The van der Waals surface area contributed by atoms with Crippen LogP contribution in [0.15, 0.2) is 48.7 Å². The zero-order valence-corrected chi connectivity index (χ0v) is 18.2. The Labute approximate surface area is 189 Å². The molecule has 0 saturated carbocycles. The van der Waals surface area contributed by atoms with Crippen LogP contribution in [-0.2, 0) is 4.79 Å². The maximum Gasteiger partial charge on any atom is 0.254 e. The predicted molar refractivity (Wildman–Crippen MR) is 120 cm³/mol. The Hall–Kier alpha value is -3.06. The van der Waals surface area contributed by atoms with E-state index >= 15 is 0 Å². The van der Waals surface area contributed by atoms with Crippen LogP contribution in [0.1, 0.15) is 30.1 Å². The Morgan fingerprint density at radius 2 is 1.88 bits per heavy atom. The fourth-order valence-electron chi connectivity index (χ4n) is 4.13. The number of hydrogen-bond acceptors (Lipinski definition) is 3. The summed E-state index contributed by atoms with van der Waals surface area (Å²) < 4.78 is 27.7. The smallest absolute Gasteiger partial charge is 0.254 e. The second-order valence-electron chi connectivity index (χ2n) is 8.05. The molecule has 1 fully saturated rings. The lowest BCUT2D eigenvalue weighted by molar-refractivity contribution is -0.121. The second kappa shape index (κ2) is 9.20. The molecule has 8 heteroatoms. The molecule has 166 valence electrons. The maximum atomic E-state index is 14.0. The molecular weight excluding hydrogens is 436 g/mol. The molecule has 0 aliphatic carbocycles. The van der Waals surface area contributed by atoms with Crippen molar-refractivity contribution < 1.29 is 18.4 Å². The number of halogens is 3. The van der Waals surface area contributed by atoms with E-state index in [-0.39, 0.29) is 34.4 Å². The fourth-order valence-corrected chi connectivity index (χ4v) is 4.29. The van der Waals surface area contributed by atoms with Gasteiger partial charge in [0.25, 0.3) is 5.91 Å². The molecule has 4 rings (SSSR count). The minimum Gasteiger partial charge on any atom is -0.339 e. The van der Waals surface area contributed by atoms with E-state index < -0.39 is 11.6 Å². The molecule has 0 spiro atoms. The fraction of sp³-hybridized carbons (Fsp3) is 0.292. The summed E-state index contributed by atoms with van der Waals surface area (Å²) in [6.45, 7) is 2.77. The quantitative estimate of drug-likeness (QED) is 0.578. The normalized spacial score (nSPS) is 15.6. The van der Waals surface area contributed by atoms with Crippen molar-refractivity contribution in [2.24, 2.45) is 11.8 Å². The Balaban J connectivity index is 1.40. The molecule has 2 amide bonds. The van der Waals surface area contributed by atoms with Gasteiger partial charge in [-0.2, -0.15) is 0 Å². The highest BCUT2D eigenvalue weighted by Crippen LogP contribution is 2.29. The molecule has 1 unspecified atom stereocenters. The van der Waals surface area contributed by atoms with E-state index in [0.29, 0.717) is 42.4 Å². The number of likely N-dealkylation sites (tertiary alicyclic amines) is 1. The van der Waals surface area contributed by atoms with Gasteiger partial charge in [-0.05, 0) is 61.2 Å². The number of piperidine rings is 1. The Bertz CT molecular complexity index is 1180. The summed E-state index contributed by atoms with van der Waals surface area (Å²) in [5, 5.41) is 3.37. The number of pyridine rings is 1. The summed E-state index contributed by atoms with van der Waals surface area (Å²) in [6.07, 6.45) is 2.82. The average molecular weight is 458 g/mol. The summed E-state index contributed by atoms with van der Waals surface area (Å²) in [5.74, 6) is -1.75. The van der Waals surface area contributed by atoms with Crippen LogP contribution < -0.4 is 5.32 Å². The van der Waals surface area contributed by atoms with Gasteiger partial charge in [0, 0.05) is 35.6 Å². The summed E-state index contributed by atoms with van der Waals surface area (Å²) in [6, 6.07) is 9.90. The van der Waals surface area contributed by atoms with Crippen molar-refractivity contribution in [3.63, 3.8) is 0 Å². The van der Waals surface area contributed by atoms with E-state index in [1.807, 2.05) is 6.92 Å². The molecule has 1 aliphatic heterocycles. The molecule has 0 radical (unpaired) electrons. The van der Waals surface area contributed by atoms with Crippen molar-refractivity contribution in [2.75, 3.05) is 18.4 Å². The lowest BCUT2D eigenvalue weighted by atomic mass is 9.84. The van der Waals surface area contributed by atoms with Gasteiger partial charge in [0.05, 0.1) is 16.8 Å². The van der Waals surface area contributed by atoms with Gasteiger partial charge in [0.15, 0.2) is 0 Å². The topological polar surface area (TPSA) is 62.3 Å². The number of hydrogen-bond donors (Lipinski definition) is 1. The van der Waals surface area contributed by atoms with Crippen molar-refractivity contribution in [1.82, 2.24) is 9.88 Å². The molecular formula is C24H22ClF2N3O2. The minimum absolute atomic E-state index is 0.0565. The van der Waals surface area contributed by atoms with Crippen LogP contribution in [0.2, 0.25) is 5.02 Å². The van der Waals surface area contributed by atoms with Gasteiger partial charge >= 0.3 is 0 Å². The van der Waals surface area contributed by atoms with Gasteiger partial charge in [-0.25, -0.2) is 8.78 Å². The van der Waals surface area contributed by atoms with Crippen LogP contribution in [-0.4, -0.2) is 34.8 Å². The molecule has 32 heavy (non-hydrogen) atoms. The van der Waals surface area contributed by atoms with Crippen molar-refractivity contribution in [3.8, 4) is 0 Å². The van der Waals surface area contributed by atoms with E-state index in [1.54, 1.807) is 23.2 Å². The number of nitrogens with zero attached hydrogens (tertiary/aromatic N) is 2. The van der Waals surface area contributed by atoms with Crippen LogP contribution in [0.4, 0.5) is 14.5 Å². The highest BCUT2D eigenvalue weighted by Gasteiger charge is 2.31. The van der Waals surface area contributed by atoms with Gasteiger partial charge in [-0.15, -0.1) is 0 Å². The number of carbonyl (C=O) groups excluding carboxylic acids is 2. The zero-order valence-electron chi connectivity index (χ0n) is 17.4. The molecule has 5 nitrogen and oxygen atoms in total. The van der Waals surface area contributed by atoms with Crippen LogP contribution in [0, 0.1) is 23.5 Å². The van der Waals surface area contributed by atoms with Crippen molar-refractivity contribution in [2.45, 2.75) is 19.8 Å². The van der Waals surface area contributed by atoms with Crippen LogP contribution in [0.5, 0.6) is 0 Å². The van der Waals surface area contributed by atoms with Gasteiger partial charge < -0.3 is 10.2 Å². The predicted octanol–water partition coefficient (Wildman–Crippen LogP) is 5.29. The first-order valence-electron chi connectivity index (χ1n) is 10.4. The van der Waals surface area contributed by atoms with Crippen molar-refractivity contribution in [3.05, 3.63) is 70.9 Å². The number of aromatic nitrogens is 1. The summed E-state index contributed by atoms with van der Waals surface area (Å²) in [4.78, 5) is 31.6. The van der Waals surface area contributed by atoms with Gasteiger partial charge in [0.2, 0.25) is 5.91 Å². The van der Waals surface area contributed by atoms with E-state index in [2.05, 4.69) is 10.3 Å². The standard InChI is InChI=1S/C24H22ClF2N3O2/c1-14(23(31)29-22-4-2-16(25)12-20(22)27)15-7-10-30(11-8-15)24(32)18-6-9-28-21-5-3-17(26)13-19(18)21/h2-6,9,12-15H,7-8,10-11H2,1H3,(H,29,31). The highest BCUT2D eigenvalue weighted by atomic mass is 35.5. The molecule has 1 saturated heterocycles. The summed E-state index contributed by atoms with van der Waals surface area (Å²) in [5.41, 5.74) is 1.07. The minimum atomic E-state index is -0.584. The van der Waals surface area contributed by atoms with Crippen LogP contribution in [0.25, 0.3) is 10.9 Å². The molecule has 1 N–H and O–H groups in total. The lowest BCUT2D eigenvalue weighted by Crippen LogP contribution is -2.41. The zero-order chi connectivity index (χ0) is 22.8. The monoisotopic (exact) mass is 457 g/mol. The van der Waals surface area contributed by atoms with Gasteiger partial charge in [-0.1, -0.05) is 18.5 Å². The number of nitrogens with one attached hydrogen (secondary N) is 1. The van der Waals surface area contributed by atoms with Crippen LogP contribution >= 0.6 is 11.6 Å². The van der Waals surface area contributed by atoms with Crippen LogP contribution in [0.3, 0.4) is 0 Å². The highest BCUT2D eigenvalue weighted by molar-refractivity contribution is 6.30. The third-order valence-corrected chi connectivity index (χ3v) is 6.31. The SMILES string of the molecule is CC(C(=O)Nc1ccc(Cl)cc1F)C1CCN(C(=O)c2ccnc3ccc(F)cc23)CC1. The second-order valence-corrected chi connectivity index (χ2v) is 8.49. The van der Waals surface area contributed by atoms with Crippen molar-refractivity contribution >= 4 is 40.0 Å². The van der Waals surface area contributed by atoms with E-state index in [4.69, 9.17) is 11.6 Å². The molecule has 3 aromatic rings. The Morgan fingerprint density at radius 3 is 2.59 bits per heavy atom. The molecule has 2 aromatic carbocycles. The van der Waals surface area contributed by atoms with Gasteiger partial charge in [0.1, 0.15) is 11.6 Å². The number of anilines is 1. The van der Waals surface area contributed by atoms with E-state index in [1.165, 1.54) is 24.3 Å². The number of fused-ring (bicyclic) bond motifs is 1. The summed E-state index contributed by atoms with van der Waals surface area (Å²) in [7, 11) is 0. The Kier molecular flexibility index (Phi) is 6.37. The first kappa shape index (κ1) is 22.1. The molecule has 1 atom stereocenters. The lowest BCUT2D eigenvalue weighted by Gasteiger charge is -2.34. The first-order chi connectivity index (χ1) is 15.3.